The Bertz CT molecular complexity index is 1200. The van der Waals surface area contributed by atoms with Crippen molar-refractivity contribution < 1.29 is 13.9 Å². The zero-order valence-corrected chi connectivity index (χ0v) is 14.2. The van der Waals surface area contributed by atoms with Crippen molar-refractivity contribution in [3.63, 3.8) is 0 Å². The third kappa shape index (κ3) is 2.67. The number of anilines is 1. The molecule has 0 radical (unpaired) electrons. The summed E-state index contributed by atoms with van der Waals surface area (Å²) in [6, 6.07) is 12.6. The predicted octanol–water partition coefficient (Wildman–Crippen LogP) is 2.92. The molecule has 0 aliphatic carbocycles. The number of benzene rings is 1. The van der Waals surface area contributed by atoms with Crippen LogP contribution in [0.1, 0.15) is 16.1 Å². The number of methoxy groups -OCH3 is 1. The summed E-state index contributed by atoms with van der Waals surface area (Å²) >= 11 is 0. The minimum absolute atomic E-state index is 0.0683. The first-order chi connectivity index (χ1) is 13.1. The maximum Gasteiger partial charge on any atom is 0.357 e. The first-order valence-electron chi connectivity index (χ1n) is 7.94. The number of esters is 1. The van der Waals surface area contributed by atoms with Crippen LogP contribution in [0.15, 0.2) is 53.2 Å². The van der Waals surface area contributed by atoms with Gasteiger partial charge in [-0.15, -0.1) is 0 Å². The maximum atomic E-state index is 12.1. The summed E-state index contributed by atoms with van der Waals surface area (Å²) < 4.78 is 12.0. The van der Waals surface area contributed by atoms with E-state index in [9.17, 15) is 10.1 Å². The first-order valence-corrected chi connectivity index (χ1v) is 7.94. The lowest BCUT2D eigenvalue weighted by molar-refractivity contribution is 0.0593. The summed E-state index contributed by atoms with van der Waals surface area (Å²) in [4.78, 5) is 20.8. The van der Waals surface area contributed by atoms with E-state index in [0.717, 1.165) is 0 Å². The van der Waals surface area contributed by atoms with Crippen LogP contribution in [0, 0.1) is 11.3 Å². The van der Waals surface area contributed by atoms with Crippen molar-refractivity contribution in [3.8, 4) is 23.3 Å². The summed E-state index contributed by atoms with van der Waals surface area (Å²) in [7, 11) is 1.26. The van der Waals surface area contributed by atoms with Gasteiger partial charge in [0.15, 0.2) is 11.3 Å². The Balaban J connectivity index is 1.86. The molecule has 8 heteroatoms. The normalized spacial score (nSPS) is 10.7. The maximum absolute atomic E-state index is 12.1. The van der Waals surface area contributed by atoms with E-state index in [1.807, 2.05) is 18.2 Å². The molecule has 0 amide bonds. The van der Waals surface area contributed by atoms with Gasteiger partial charge in [0.25, 0.3) is 0 Å². The quantitative estimate of drug-likeness (QED) is 0.558. The molecule has 0 fully saturated rings. The highest BCUT2D eigenvalue weighted by Crippen LogP contribution is 2.28. The standard InChI is InChI=1S/C19H13N5O3/c1-26-19(25)17-16(21)11(9-20)10-24(17)12-5-6-15-14(8-12)23-18(27-15)13-4-2-3-7-22-13/h2-8,10H,21H2,1H3. The van der Waals surface area contributed by atoms with Gasteiger partial charge in [0.1, 0.15) is 17.3 Å². The van der Waals surface area contributed by atoms with Crippen molar-refractivity contribution in [1.82, 2.24) is 14.5 Å². The molecule has 1 aromatic carbocycles. The Morgan fingerprint density at radius 2 is 2.19 bits per heavy atom. The molecule has 0 saturated heterocycles. The predicted molar refractivity (Wildman–Crippen MR) is 97.0 cm³/mol. The lowest BCUT2D eigenvalue weighted by atomic mass is 10.2. The lowest BCUT2D eigenvalue weighted by Crippen LogP contribution is -2.11. The summed E-state index contributed by atoms with van der Waals surface area (Å²) in [6.45, 7) is 0. The Morgan fingerprint density at radius 1 is 1.33 bits per heavy atom. The number of carbonyl (C=O) groups excluding carboxylic acids is 1. The van der Waals surface area contributed by atoms with Gasteiger partial charge in [0.05, 0.1) is 18.4 Å². The number of oxazole rings is 1. The van der Waals surface area contributed by atoms with Crippen LogP contribution in [0.3, 0.4) is 0 Å². The third-order valence-corrected chi connectivity index (χ3v) is 4.08. The fraction of sp³-hybridized carbons (Fsp3) is 0.0526. The summed E-state index contributed by atoms with van der Waals surface area (Å²) in [6.07, 6.45) is 3.15. The van der Waals surface area contributed by atoms with Gasteiger partial charge in [0.2, 0.25) is 5.89 Å². The second-order valence-corrected chi connectivity index (χ2v) is 5.66. The van der Waals surface area contributed by atoms with Crippen molar-refractivity contribution in [2.75, 3.05) is 12.8 Å². The smallest absolute Gasteiger partial charge is 0.357 e. The Kier molecular flexibility index (Phi) is 3.82. The molecule has 27 heavy (non-hydrogen) atoms. The SMILES string of the molecule is COC(=O)c1c(N)c(C#N)cn1-c1ccc2oc(-c3ccccn3)nc2c1. The number of nitrogen functional groups attached to an aromatic ring is 1. The van der Waals surface area contributed by atoms with Gasteiger partial charge in [-0.25, -0.2) is 9.78 Å². The van der Waals surface area contributed by atoms with Gasteiger partial charge >= 0.3 is 5.97 Å². The Morgan fingerprint density at radius 3 is 2.89 bits per heavy atom. The number of fused-ring (bicyclic) bond motifs is 1. The zero-order valence-electron chi connectivity index (χ0n) is 14.2. The molecular weight excluding hydrogens is 346 g/mol. The average molecular weight is 359 g/mol. The van der Waals surface area contributed by atoms with E-state index in [4.69, 9.17) is 14.9 Å². The topological polar surface area (TPSA) is 120 Å². The number of nitriles is 1. The summed E-state index contributed by atoms with van der Waals surface area (Å²) in [5.41, 5.74) is 8.63. The molecule has 2 N–H and O–H groups in total. The number of rotatable bonds is 3. The Hall–Kier alpha value is -4.12. The molecule has 3 aromatic heterocycles. The molecule has 0 aliphatic heterocycles. The number of nitrogens with two attached hydrogens (primary N) is 1. The van der Waals surface area contributed by atoms with E-state index in [1.165, 1.54) is 17.9 Å². The van der Waals surface area contributed by atoms with Crippen LogP contribution < -0.4 is 5.73 Å². The number of ether oxygens (including phenoxy) is 1. The number of nitrogens with zero attached hydrogens (tertiary/aromatic N) is 4. The van der Waals surface area contributed by atoms with Crippen LogP contribution in [0.25, 0.3) is 28.4 Å². The van der Waals surface area contributed by atoms with Gasteiger partial charge in [-0.2, -0.15) is 5.26 Å². The van der Waals surface area contributed by atoms with Crippen LogP contribution in [0.4, 0.5) is 5.69 Å². The average Bonchev–Trinajstić information content (AvgIpc) is 3.28. The zero-order chi connectivity index (χ0) is 19.0. The van der Waals surface area contributed by atoms with Gasteiger partial charge in [-0.3, -0.25) is 4.98 Å². The Labute approximate surface area is 153 Å². The van der Waals surface area contributed by atoms with Crippen LogP contribution >= 0.6 is 0 Å². The molecule has 8 nitrogen and oxygen atoms in total. The molecule has 0 bridgehead atoms. The number of aromatic nitrogens is 3. The molecule has 132 valence electrons. The molecule has 0 atom stereocenters. The largest absolute Gasteiger partial charge is 0.464 e. The van der Waals surface area contributed by atoms with Crippen LogP contribution in [-0.4, -0.2) is 27.6 Å². The summed E-state index contributed by atoms with van der Waals surface area (Å²) in [5, 5.41) is 9.23. The van der Waals surface area contributed by atoms with Crippen molar-refractivity contribution in [3.05, 3.63) is 60.0 Å². The van der Waals surface area contributed by atoms with Crippen molar-refractivity contribution in [2.45, 2.75) is 0 Å². The number of hydrogen-bond acceptors (Lipinski definition) is 7. The fourth-order valence-corrected chi connectivity index (χ4v) is 2.78. The van der Waals surface area contributed by atoms with E-state index in [1.54, 1.807) is 30.5 Å². The van der Waals surface area contributed by atoms with Crippen molar-refractivity contribution >= 4 is 22.8 Å². The molecule has 4 aromatic rings. The molecule has 0 saturated carbocycles. The number of pyridine rings is 1. The highest BCUT2D eigenvalue weighted by atomic mass is 16.5. The summed E-state index contributed by atoms with van der Waals surface area (Å²) in [5.74, 6) is -0.246. The van der Waals surface area contributed by atoms with Crippen LogP contribution in [-0.2, 0) is 4.74 Å². The lowest BCUT2D eigenvalue weighted by Gasteiger charge is -2.08. The molecule has 0 unspecified atom stereocenters. The van der Waals surface area contributed by atoms with Gasteiger partial charge < -0.3 is 19.5 Å². The van der Waals surface area contributed by atoms with Gasteiger partial charge in [-0.1, -0.05) is 6.07 Å². The third-order valence-electron chi connectivity index (χ3n) is 4.08. The molecule has 3 heterocycles. The van der Waals surface area contributed by atoms with E-state index in [2.05, 4.69) is 9.97 Å². The second-order valence-electron chi connectivity index (χ2n) is 5.66. The fourth-order valence-electron chi connectivity index (χ4n) is 2.78. The highest BCUT2D eigenvalue weighted by molar-refractivity contribution is 5.96. The van der Waals surface area contributed by atoms with Crippen LogP contribution in [0.5, 0.6) is 0 Å². The van der Waals surface area contributed by atoms with Gasteiger partial charge in [-0.05, 0) is 30.3 Å². The van der Waals surface area contributed by atoms with Gasteiger partial charge in [0, 0.05) is 18.1 Å². The number of hydrogen-bond donors (Lipinski definition) is 1. The van der Waals surface area contributed by atoms with Crippen LogP contribution in [0.2, 0.25) is 0 Å². The highest BCUT2D eigenvalue weighted by Gasteiger charge is 2.22. The minimum atomic E-state index is -0.636. The van der Waals surface area contributed by atoms with E-state index in [0.29, 0.717) is 28.4 Å². The first kappa shape index (κ1) is 16.4. The monoisotopic (exact) mass is 359 g/mol. The molecular formula is C19H13N5O3. The van der Waals surface area contributed by atoms with Crippen molar-refractivity contribution in [1.29, 1.82) is 5.26 Å². The minimum Gasteiger partial charge on any atom is -0.464 e. The van der Waals surface area contributed by atoms with Crippen molar-refractivity contribution in [2.24, 2.45) is 0 Å². The van der Waals surface area contributed by atoms with E-state index >= 15 is 0 Å². The van der Waals surface area contributed by atoms with E-state index < -0.39 is 5.97 Å². The van der Waals surface area contributed by atoms with E-state index in [-0.39, 0.29) is 16.9 Å². The molecule has 0 spiro atoms. The molecule has 0 aliphatic rings. The second kappa shape index (κ2) is 6.31. The number of carbonyl (C=O) groups is 1. The molecule has 4 rings (SSSR count).